The van der Waals surface area contributed by atoms with Crippen LogP contribution in [0.5, 0.6) is 0 Å². The largest absolute Gasteiger partial charge is 0.445 e. The van der Waals surface area contributed by atoms with Crippen molar-refractivity contribution in [3.63, 3.8) is 0 Å². The molecule has 1 aliphatic carbocycles. The SMILES string of the molecule is CC1(O)CN(C(=O)OCc2ccccc2)CCC1CNc1ncnc(N(Cc2ccc(C(F)(F)F)cc2)C2CC2)c1F. The van der Waals surface area contributed by atoms with E-state index in [0.717, 1.165) is 30.5 Å². The summed E-state index contributed by atoms with van der Waals surface area (Å²) in [5, 5.41) is 14.1. The second kappa shape index (κ2) is 12.1. The highest BCUT2D eigenvalue weighted by Gasteiger charge is 2.40. The van der Waals surface area contributed by atoms with E-state index < -0.39 is 29.3 Å². The van der Waals surface area contributed by atoms with Crippen LogP contribution < -0.4 is 10.2 Å². The maximum atomic E-state index is 15.7. The van der Waals surface area contributed by atoms with Gasteiger partial charge >= 0.3 is 12.3 Å². The van der Waals surface area contributed by atoms with E-state index in [9.17, 15) is 23.1 Å². The van der Waals surface area contributed by atoms with Crippen molar-refractivity contribution in [1.29, 1.82) is 0 Å². The minimum atomic E-state index is -4.43. The van der Waals surface area contributed by atoms with E-state index in [4.69, 9.17) is 4.74 Å². The molecule has 0 spiro atoms. The normalized spacial score (nSPS) is 20.7. The molecule has 1 saturated heterocycles. The zero-order chi connectivity index (χ0) is 29.9. The molecule has 2 aromatic carbocycles. The lowest BCUT2D eigenvalue weighted by Gasteiger charge is -2.42. The zero-order valence-electron chi connectivity index (χ0n) is 23.1. The van der Waals surface area contributed by atoms with Crippen molar-refractivity contribution >= 4 is 17.7 Å². The van der Waals surface area contributed by atoms with Crippen LogP contribution >= 0.6 is 0 Å². The molecule has 2 heterocycles. The van der Waals surface area contributed by atoms with Gasteiger partial charge in [-0.2, -0.15) is 17.6 Å². The van der Waals surface area contributed by atoms with E-state index in [1.807, 2.05) is 30.3 Å². The summed E-state index contributed by atoms with van der Waals surface area (Å²) in [4.78, 5) is 24.0. The van der Waals surface area contributed by atoms with E-state index in [2.05, 4.69) is 15.3 Å². The van der Waals surface area contributed by atoms with Gasteiger partial charge in [0.05, 0.1) is 17.7 Å². The fourth-order valence-electron chi connectivity index (χ4n) is 5.17. The van der Waals surface area contributed by atoms with Crippen LogP contribution in [-0.4, -0.2) is 57.3 Å². The Morgan fingerprint density at radius 2 is 1.81 bits per heavy atom. The van der Waals surface area contributed by atoms with Crippen LogP contribution in [0.3, 0.4) is 0 Å². The number of halogens is 4. The first-order valence-corrected chi connectivity index (χ1v) is 13.9. The summed E-state index contributed by atoms with van der Waals surface area (Å²) in [6, 6.07) is 14.2. The second-order valence-electron chi connectivity index (χ2n) is 11.1. The quantitative estimate of drug-likeness (QED) is 0.314. The molecule has 0 radical (unpaired) electrons. The lowest BCUT2D eigenvalue weighted by molar-refractivity contribution is -0.137. The number of amides is 1. The number of likely N-dealkylation sites (tertiary alicyclic amines) is 1. The van der Waals surface area contributed by atoms with Gasteiger partial charge in [0.15, 0.2) is 11.6 Å². The zero-order valence-corrected chi connectivity index (χ0v) is 23.1. The van der Waals surface area contributed by atoms with E-state index in [-0.39, 0.29) is 49.8 Å². The van der Waals surface area contributed by atoms with Gasteiger partial charge in [0.1, 0.15) is 12.9 Å². The predicted octanol–water partition coefficient (Wildman–Crippen LogP) is 5.63. The summed E-state index contributed by atoms with van der Waals surface area (Å²) in [6.45, 7) is 2.61. The van der Waals surface area contributed by atoms with Gasteiger partial charge < -0.3 is 25.0 Å². The van der Waals surface area contributed by atoms with Gasteiger partial charge in [0.25, 0.3) is 0 Å². The Morgan fingerprint density at radius 3 is 2.45 bits per heavy atom. The van der Waals surface area contributed by atoms with E-state index in [1.54, 1.807) is 11.8 Å². The number of carbonyl (C=O) groups is 1. The Kier molecular flexibility index (Phi) is 8.53. The first-order chi connectivity index (χ1) is 20.0. The third-order valence-electron chi connectivity index (χ3n) is 7.78. The van der Waals surface area contributed by atoms with Crippen molar-refractivity contribution in [2.24, 2.45) is 5.92 Å². The van der Waals surface area contributed by atoms with Gasteiger partial charge in [-0.3, -0.25) is 0 Å². The molecule has 224 valence electrons. The molecule has 42 heavy (non-hydrogen) atoms. The van der Waals surface area contributed by atoms with Crippen LogP contribution in [0.25, 0.3) is 0 Å². The number of hydrogen-bond donors (Lipinski definition) is 2. The third-order valence-corrected chi connectivity index (χ3v) is 7.78. The Morgan fingerprint density at radius 1 is 1.10 bits per heavy atom. The summed E-state index contributed by atoms with van der Waals surface area (Å²) in [7, 11) is 0. The molecule has 2 aliphatic rings. The molecule has 0 bridgehead atoms. The first kappa shape index (κ1) is 29.6. The number of alkyl halides is 3. The molecular weight excluding hydrogens is 554 g/mol. The fourth-order valence-corrected chi connectivity index (χ4v) is 5.17. The summed E-state index contributed by atoms with van der Waals surface area (Å²) in [5.74, 6) is -0.936. The molecule has 8 nitrogen and oxygen atoms in total. The molecule has 1 aromatic heterocycles. The number of nitrogens with one attached hydrogen (secondary N) is 1. The van der Waals surface area contributed by atoms with E-state index >= 15 is 4.39 Å². The van der Waals surface area contributed by atoms with Gasteiger partial charge in [-0.1, -0.05) is 42.5 Å². The van der Waals surface area contributed by atoms with Crippen LogP contribution in [0.1, 0.15) is 42.9 Å². The number of ether oxygens (including phenoxy) is 1. The summed E-state index contributed by atoms with van der Waals surface area (Å²) < 4.78 is 59.9. The van der Waals surface area contributed by atoms with Crippen molar-refractivity contribution in [2.75, 3.05) is 29.9 Å². The van der Waals surface area contributed by atoms with Gasteiger partial charge in [-0.05, 0) is 49.4 Å². The molecule has 5 rings (SSSR count). The maximum Gasteiger partial charge on any atom is 0.416 e. The molecule has 2 N–H and O–H groups in total. The molecule has 12 heteroatoms. The van der Waals surface area contributed by atoms with Crippen molar-refractivity contribution in [3.05, 3.63) is 83.4 Å². The number of carbonyl (C=O) groups excluding carboxylic acids is 1. The first-order valence-electron chi connectivity index (χ1n) is 13.9. The Labute approximate surface area is 241 Å². The highest BCUT2D eigenvalue weighted by atomic mass is 19.4. The minimum absolute atomic E-state index is 0.0243. The van der Waals surface area contributed by atoms with E-state index in [0.29, 0.717) is 18.5 Å². The van der Waals surface area contributed by atoms with Crippen molar-refractivity contribution in [1.82, 2.24) is 14.9 Å². The second-order valence-corrected chi connectivity index (χ2v) is 11.1. The molecule has 2 fully saturated rings. The summed E-state index contributed by atoms with van der Waals surface area (Å²) >= 11 is 0. The van der Waals surface area contributed by atoms with Crippen LogP contribution in [0.2, 0.25) is 0 Å². The molecule has 3 aromatic rings. The van der Waals surface area contributed by atoms with Gasteiger partial charge in [-0.15, -0.1) is 0 Å². The third kappa shape index (κ3) is 7.10. The van der Waals surface area contributed by atoms with E-state index in [1.165, 1.54) is 23.4 Å². The van der Waals surface area contributed by atoms with Gasteiger partial charge in [0, 0.05) is 31.6 Å². The Hall–Kier alpha value is -3.93. The molecular formula is C30H33F4N5O3. The standard InChI is InChI=1S/C30H33F4N5O3/c1-29(41)18-38(28(40)42-17-21-5-3-2-4-6-21)14-13-23(29)15-35-26-25(31)27(37-19-36-26)39(24-11-12-24)16-20-7-9-22(10-8-20)30(32,33)34/h2-10,19,23-24,41H,11-18H2,1H3,(H,35,36,37). The van der Waals surface area contributed by atoms with Crippen molar-refractivity contribution < 1.29 is 32.2 Å². The Balaban J connectivity index is 1.20. The maximum absolute atomic E-state index is 15.7. The van der Waals surface area contributed by atoms with Gasteiger partial charge in [-0.25, -0.2) is 14.8 Å². The topological polar surface area (TPSA) is 90.8 Å². The predicted molar refractivity (Wildman–Crippen MR) is 148 cm³/mol. The molecule has 1 saturated carbocycles. The monoisotopic (exact) mass is 587 g/mol. The molecule has 2 unspecified atom stereocenters. The number of piperidine rings is 1. The number of hydrogen-bond acceptors (Lipinski definition) is 7. The number of rotatable bonds is 9. The van der Waals surface area contributed by atoms with Crippen molar-refractivity contribution in [3.8, 4) is 0 Å². The number of anilines is 2. The average molecular weight is 588 g/mol. The highest BCUT2D eigenvalue weighted by molar-refractivity contribution is 5.68. The van der Waals surface area contributed by atoms with Gasteiger partial charge in [0.2, 0.25) is 5.82 Å². The summed E-state index contributed by atoms with van der Waals surface area (Å²) in [5.41, 5.74) is -0.531. The van der Waals surface area contributed by atoms with Crippen LogP contribution in [0.4, 0.5) is 34.0 Å². The number of nitrogens with zero attached hydrogens (tertiary/aromatic N) is 4. The summed E-state index contributed by atoms with van der Waals surface area (Å²) in [6.07, 6.45) is -1.59. The van der Waals surface area contributed by atoms with Crippen LogP contribution in [-0.2, 0) is 24.1 Å². The van der Waals surface area contributed by atoms with Crippen LogP contribution in [0, 0.1) is 11.7 Å². The number of β-amino-alcohol motifs (C(OH)–C–C–N with tert-alkyl or cyclic N) is 1. The number of aliphatic hydroxyl groups is 1. The number of benzene rings is 2. The Bertz CT molecular complexity index is 1370. The molecule has 1 amide bonds. The number of aromatic nitrogens is 2. The van der Waals surface area contributed by atoms with Crippen LogP contribution in [0.15, 0.2) is 60.9 Å². The average Bonchev–Trinajstić information content (AvgIpc) is 3.80. The minimum Gasteiger partial charge on any atom is -0.445 e. The fraction of sp³-hybridized carbons (Fsp3) is 0.433. The lowest BCUT2D eigenvalue weighted by atomic mass is 9.82. The smallest absolute Gasteiger partial charge is 0.416 e. The highest BCUT2D eigenvalue weighted by Crippen LogP contribution is 2.36. The van der Waals surface area contributed by atoms with Crippen molar-refractivity contribution in [2.45, 2.75) is 57.2 Å². The molecule has 2 atom stereocenters. The molecule has 1 aliphatic heterocycles. The lowest BCUT2D eigenvalue weighted by Crippen LogP contribution is -2.55.